The Morgan fingerprint density at radius 3 is 2.18 bits per heavy atom. The van der Waals surface area contributed by atoms with Crippen LogP contribution in [0.2, 0.25) is 0 Å². The van der Waals surface area contributed by atoms with Crippen LogP contribution in [-0.2, 0) is 16.1 Å². The number of rotatable bonds is 7. The van der Waals surface area contributed by atoms with E-state index < -0.39 is 12.3 Å². The van der Waals surface area contributed by atoms with Crippen molar-refractivity contribution in [1.29, 1.82) is 0 Å². The van der Waals surface area contributed by atoms with Crippen molar-refractivity contribution in [3.63, 3.8) is 0 Å². The van der Waals surface area contributed by atoms with Gasteiger partial charge in [-0.25, -0.2) is 0 Å². The van der Waals surface area contributed by atoms with Crippen LogP contribution in [-0.4, -0.2) is 37.2 Å². The molecule has 0 spiro atoms. The van der Waals surface area contributed by atoms with Gasteiger partial charge in [0.2, 0.25) is 0 Å². The predicted molar refractivity (Wildman–Crippen MR) is 106 cm³/mol. The largest absolute Gasteiger partial charge is 0.496 e. The number of methoxy groups -OCH3 is 2. The molecule has 1 aliphatic rings. The van der Waals surface area contributed by atoms with Crippen molar-refractivity contribution in [2.45, 2.75) is 45.8 Å². The van der Waals surface area contributed by atoms with Gasteiger partial charge < -0.3 is 23.8 Å². The smallest absolute Gasteiger partial charge is 0.254 e. The molecule has 1 aliphatic heterocycles. The minimum atomic E-state index is -0.583. The third-order valence-electron chi connectivity index (χ3n) is 4.61. The summed E-state index contributed by atoms with van der Waals surface area (Å²) in [5, 5.41) is 0. The van der Waals surface area contributed by atoms with E-state index in [1.54, 1.807) is 26.0 Å². The Hall–Kier alpha value is -2.73. The van der Waals surface area contributed by atoms with Crippen LogP contribution in [0.1, 0.15) is 38.1 Å². The fraction of sp³-hybridized carbons (Fsp3) is 0.409. The molecule has 1 saturated heterocycles. The average molecular weight is 385 g/mol. The summed E-state index contributed by atoms with van der Waals surface area (Å²) in [6.45, 7) is 6.15. The Morgan fingerprint density at radius 2 is 1.64 bits per heavy atom. The SMILES string of the molecule is COc1cccc(OC)c1[C@H]1OC(C)C(=O)N1Cc1ccc(OC(C)C)cc1. The highest BCUT2D eigenvalue weighted by Crippen LogP contribution is 2.42. The molecule has 1 fully saturated rings. The monoisotopic (exact) mass is 385 g/mol. The van der Waals surface area contributed by atoms with E-state index in [1.165, 1.54) is 0 Å². The molecule has 2 aromatic carbocycles. The Labute approximate surface area is 166 Å². The topological polar surface area (TPSA) is 57.2 Å². The van der Waals surface area contributed by atoms with Gasteiger partial charge in [0.25, 0.3) is 5.91 Å². The van der Waals surface area contributed by atoms with Gasteiger partial charge in [0.15, 0.2) is 6.23 Å². The number of hydrogen-bond acceptors (Lipinski definition) is 5. The standard InChI is InChI=1S/C22H27NO5/c1-14(2)27-17-11-9-16(10-12-17)13-23-21(24)15(3)28-22(23)20-18(25-4)7-6-8-19(20)26-5/h6-12,14-15,22H,13H2,1-5H3/t15?,22-/m1/s1. The Morgan fingerprint density at radius 1 is 1.04 bits per heavy atom. The zero-order valence-corrected chi connectivity index (χ0v) is 17.0. The van der Waals surface area contributed by atoms with E-state index in [1.807, 2.05) is 56.3 Å². The zero-order chi connectivity index (χ0) is 20.3. The molecule has 2 aromatic rings. The van der Waals surface area contributed by atoms with Gasteiger partial charge in [-0.2, -0.15) is 0 Å². The van der Waals surface area contributed by atoms with Crippen LogP contribution in [0.25, 0.3) is 0 Å². The molecule has 6 heteroatoms. The van der Waals surface area contributed by atoms with E-state index in [0.29, 0.717) is 23.6 Å². The number of carbonyl (C=O) groups excluding carboxylic acids is 1. The molecule has 150 valence electrons. The fourth-order valence-electron chi connectivity index (χ4n) is 3.32. The van der Waals surface area contributed by atoms with E-state index in [4.69, 9.17) is 18.9 Å². The number of hydrogen-bond donors (Lipinski definition) is 0. The van der Waals surface area contributed by atoms with E-state index in [-0.39, 0.29) is 12.0 Å². The first-order valence-corrected chi connectivity index (χ1v) is 9.37. The first-order chi connectivity index (χ1) is 13.4. The Bertz CT molecular complexity index is 796. The number of amides is 1. The first kappa shape index (κ1) is 20.0. The molecule has 0 N–H and O–H groups in total. The van der Waals surface area contributed by atoms with Gasteiger partial charge >= 0.3 is 0 Å². The predicted octanol–water partition coefficient (Wildman–Crippen LogP) is 3.94. The summed E-state index contributed by atoms with van der Waals surface area (Å²) in [6, 6.07) is 13.3. The van der Waals surface area contributed by atoms with E-state index >= 15 is 0 Å². The highest BCUT2D eigenvalue weighted by atomic mass is 16.5. The molecular formula is C22H27NO5. The second kappa shape index (κ2) is 8.52. The second-order valence-corrected chi connectivity index (χ2v) is 6.98. The van der Waals surface area contributed by atoms with Crippen LogP contribution in [0.3, 0.4) is 0 Å². The van der Waals surface area contributed by atoms with Crippen molar-refractivity contribution in [3.05, 3.63) is 53.6 Å². The van der Waals surface area contributed by atoms with Gasteiger partial charge in [0.1, 0.15) is 23.4 Å². The first-order valence-electron chi connectivity index (χ1n) is 9.37. The van der Waals surface area contributed by atoms with E-state index in [0.717, 1.165) is 11.3 Å². The molecule has 0 saturated carbocycles. The van der Waals surface area contributed by atoms with Crippen molar-refractivity contribution < 1.29 is 23.7 Å². The van der Waals surface area contributed by atoms with Crippen LogP contribution in [0.5, 0.6) is 17.2 Å². The van der Waals surface area contributed by atoms with Gasteiger partial charge in [-0.1, -0.05) is 18.2 Å². The van der Waals surface area contributed by atoms with Crippen LogP contribution in [0, 0.1) is 0 Å². The van der Waals surface area contributed by atoms with Crippen LogP contribution in [0.4, 0.5) is 0 Å². The quantitative estimate of drug-likeness (QED) is 0.723. The van der Waals surface area contributed by atoms with Gasteiger partial charge in [-0.05, 0) is 50.6 Å². The molecule has 1 unspecified atom stereocenters. The van der Waals surface area contributed by atoms with Crippen LogP contribution < -0.4 is 14.2 Å². The molecule has 1 heterocycles. The lowest BCUT2D eigenvalue weighted by atomic mass is 10.1. The molecule has 6 nitrogen and oxygen atoms in total. The summed E-state index contributed by atoms with van der Waals surface area (Å²) >= 11 is 0. The Kier molecular flexibility index (Phi) is 6.09. The minimum absolute atomic E-state index is 0.0690. The molecule has 0 aliphatic carbocycles. The average Bonchev–Trinajstić information content (AvgIpc) is 2.96. The van der Waals surface area contributed by atoms with Crippen molar-refractivity contribution in [2.75, 3.05) is 14.2 Å². The van der Waals surface area contributed by atoms with Crippen LogP contribution in [0.15, 0.2) is 42.5 Å². The molecule has 28 heavy (non-hydrogen) atoms. The van der Waals surface area contributed by atoms with E-state index in [9.17, 15) is 4.79 Å². The summed E-state index contributed by atoms with van der Waals surface area (Å²) in [4.78, 5) is 14.5. The lowest BCUT2D eigenvalue weighted by molar-refractivity contribution is -0.130. The molecule has 0 bridgehead atoms. The lowest BCUT2D eigenvalue weighted by Gasteiger charge is -2.26. The third kappa shape index (κ3) is 4.07. The molecule has 1 amide bonds. The van der Waals surface area contributed by atoms with Crippen molar-refractivity contribution in [3.8, 4) is 17.2 Å². The number of benzene rings is 2. The second-order valence-electron chi connectivity index (χ2n) is 6.98. The maximum absolute atomic E-state index is 12.8. The zero-order valence-electron chi connectivity index (χ0n) is 17.0. The highest BCUT2D eigenvalue weighted by molar-refractivity contribution is 5.83. The molecule has 2 atom stereocenters. The molecule has 3 rings (SSSR count). The fourth-order valence-corrected chi connectivity index (χ4v) is 3.32. The highest BCUT2D eigenvalue weighted by Gasteiger charge is 2.41. The van der Waals surface area contributed by atoms with Crippen molar-refractivity contribution in [2.24, 2.45) is 0 Å². The normalized spacial score (nSPS) is 19.2. The van der Waals surface area contributed by atoms with E-state index in [2.05, 4.69) is 0 Å². The van der Waals surface area contributed by atoms with Gasteiger partial charge in [0, 0.05) is 6.54 Å². The summed E-state index contributed by atoms with van der Waals surface area (Å²) in [5.74, 6) is 1.98. The number of carbonyl (C=O) groups is 1. The van der Waals surface area contributed by atoms with Gasteiger partial charge in [0.05, 0.1) is 25.9 Å². The van der Waals surface area contributed by atoms with Crippen molar-refractivity contribution in [1.82, 2.24) is 4.90 Å². The summed E-state index contributed by atoms with van der Waals surface area (Å²) in [6.07, 6.45) is -1.01. The number of nitrogens with zero attached hydrogens (tertiary/aromatic N) is 1. The summed E-state index contributed by atoms with van der Waals surface area (Å²) < 4.78 is 22.7. The molecule has 0 radical (unpaired) electrons. The maximum Gasteiger partial charge on any atom is 0.254 e. The Balaban J connectivity index is 1.90. The summed E-state index contributed by atoms with van der Waals surface area (Å²) in [5.41, 5.74) is 1.70. The maximum atomic E-state index is 12.8. The number of ether oxygens (including phenoxy) is 4. The van der Waals surface area contributed by atoms with Gasteiger partial charge in [-0.15, -0.1) is 0 Å². The third-order valence-corrected chi connectivity index (χ3v) is 4.61. The summed E-state index contributed by atoms with van der Waals surface area (Å²) in [7, 11) is 3.19. The lowest BCUT2D eigenvalue weighted by Crippen LogP contribution is -2.30. The molecule has 0 aromatic heterocycles. The van der Waals surface area contributed by atoms with Crippen molar-refractivity contribution >= 4 is 5.91 Å². The minimum Gasteiger partial charge on any atom is -0.496 e. The van der Waals surface area contributed by atoms with Gasteiger partial charge in [-0.3, -0.25) is 4.79 Å². The van der Waals surface area contributed by atoms with Crippen LogP contribution >= 0.6 is 0 Å². The molecular weight excluding hydrogens is 358 g/mol.